The van der Waals surface area contributed by atoms with Crippen molar-refractivity contribution in [3.8, 4) is 0 Å². The second-order valence-electron chi connectivity index (χ2n) is 5.43. The van der Waals surface area contributed by atoms with Crippen LogP contribution in [0.25, 0.3) is 11.0 Å². The first-order chi connectivity index (χ1) is 9.60. The third-order valence-electron chi connectivity index (χ3n) is 3.19. The van der Waals surface area contributed by atoms with Crippen LogP contribution in [-0.4, -0.2) is 23.7 Å². The van der Waals surface area contributed by atoms with E-state index in [-0.39, 0.29) is 18.4 Å². The van der Waals surface area contributed by atoms with Crippen LogP contribution in [0.15, 0.2) is 28.8 Å². The van der Waals surface area contributed by atoms with E-state index in [1.54, 1.807) is 0 Å². The number of amides is 1. The normalized spacial score (nSPS) is 12.8. The highest BCUT2D eigenvalue weighted by molar-refractivity contribution is 5.86. The number of para-hydroxylation sites is 1. The smallest absolute Gasteiger partial charge is 0.226 e. The van der Waals surface area contributed by atoms with Gasteiger partial charge in [0.15, 0.2) is 5.58 Å². The second kappa shape index (κ2) is 6.52. The lowest BCUT2D eigenvalue weighted by molar-refractivity contribution is -0.121. The maximum Gasteiger partial charge on any atom is 0.226 e. The van der Waals surface area contributed by atoms with Crippen LogP contribution in [0.3, 0.4) is 0 Å². The Bertz CT molecular complexity index is 577. The fourth-order valence-corrected chi connectivity index (χ4v) is 2.28. The van der Waals surface area contributed by atoms with Crippen LogP contribution >= 0.6 is 0 Å². The summed E-state index contributed by atoms with van der Waals surface area (Å²) in [5.41, 5.74) is 7.05. The monoisotopic (exact) mass is 275 g/mol. The van der Waals surface area contributed by atoms with Crippen molar-refractivity contribution >= 4 is 16.9 Å². The van der Waals surface area contributed by atoms with Crippen molar-refractivity contribution in [1.29, 1.82) is 0 Å². The van der Waals surface area contributed by atoms with Gasteiger partial charge < -0.3 is 15.6 Å². The highest BCUT2D eigenvalue weighted by Crippen LogP contribution is 2.18. The molecular weight excluding hydrogens is 254 g/mol. The van der Waals surface area contributed by atoms with Crippen molar-refractivity contribution in [3.05, 3.63) is 30.0 Å². The van der Waals surface area contributed by atoms with Crippen LogP contribution in [0.2, 0.25) is 0 Å². The number of benzene rings is 1. The fraction of sp³-hybridized carbons (Fsp3) is 0.467. The SMILES string of the molecule is CC(C)CC(CN)NC(=O)Cc1noc2ccccc12. The van der Waals surface area contributed by atoms with Gasteiger partial charge in [-0.2, -0.15) is 0 Å². The fourth-order valence-electron chi connectivity index (χ4n) is 2.28. The molecule has 0 saturated heterocycles. The molecule has 20 heavy (non-hydrogen) atoms. The molecule has 0 spiro atoms. The van der Waals surface area contributed by atoms with Gasteiger partial charge in [-0.1, -0.05) is 31.1 Å². The van der Waals surface area contributed by atoms with Crippen LogP contribution in [-0.2, 0) is 11.2 Å². The van der Waals surface area contributed by atoms with Gasteiger partial charge in [-0.25, -0.2) is 0 Å². The first-order valence-corrected chi connectivity index (χ1v) is 6.93. The van der Waals surface area contributed by atoms with E-state index in [4.69, 9.17) is 10.3 Å². The number of aromatic nitrogens is 1. The summed E-state index contributed by atoms with van der Waals surface area (Å²) in [5, 5.41) is 7.80. The molecule has 5 nitrogen and oxygen atoms in total. The van der Waals surface area contributed by atoms with E-state index in [0.29, 0.717) is 23.7 Å². The Balaban J connectivity index is 2.00. The lowest BCUT2D eigenvalue weighted by Crippen LogP contribution is -2.41. The van der Waals surface area contributed by atoms with Crippen LogP contribution in [0, 0.1) is 5.92 Å². The largest absolute Gasteiger partial charge is 0.356 e. The minimum absolute atomic E-state index is 0.0145. The van der Waals surface area contributed by atoms with Gasteiger partial charge in [-0.3, -0.25) is 4.79 Å². The number of carbonyl (C=O) groups excluding carboxylic acids is 1. The minimum atomic E-state index is -0.0693. The van der Waals surface area contributed by atoms with Crippen molar-refractivity contribution < 1.29 is 9.32 Å². The van der Waals surface area contributed by atoms with Crippen molar-refractivity contribution in [2.75, 3.05) is 6.54 Å². The molecule has 0 fully saturated rings. The summed E-state index contributed by atoms with van der Waals surface area (Å²) in [6, 6.07) is 7.54. The predicted molar refractivity (Wildman–Crippen MR) is 78.2 cm³/mol. The highest BCUT2D eigenvalue weighted by Gasteiger charge is 2.16. The zero-order valence-corrected chi connectivity index (χ0v) is 11.9. The Morgan fingerprint density at radius 3 is 2.85 bits per heavy atom. The molecule has 0 aliphatic rings. The van der Waals surface area contributed by atoms with Crippen LogP contribution in [0.4, 0.5) is 0 Å². The quantitative estimate of drug-likeness (QED) is 0.843. The van der Waals surface area contributed by atoms with E-state index < -0.39 is 0 Å². The van der Waals surface area contributed by atoms with Crippen molar-refractivity contribution in [1.82, 2.24) is 10.5 Å². The molecule has 1 unspecified atom stereocenters. The molecule has 0 saturated carbocycles. The number of rotatable bonds is 6. The lowest BCUT2D eigenvalue weighted by atomic mass is 10.0. The summed E-state index contributed by atoms with van der Waals surface area (Å²) in [7, 11) is 0. The average molecular weight is 275 g/mol. The molecule has 0 aliphatic heterocycles. The highest BCUT2D eigenvalue weighted by atomic mass is 16.5. The van der Waals surface area contributed by atoms with Gasteiger partial charge in [-0.15, -0.1) is 0 Å². The molecule has 0 radical (unpaired) electrons. The lowest BCUT2D eigenvalue weighted by Gasteiger charge is -2.18. The molecule has 0 aliphatic carbocycles. The number of carbonyl (C=O) groups is 1. The van der Waals surface area contributed by atoms with E-state index in [1.807, 2.05) is 24.3 Å². The van der Waals surface area contributed by atoms with Gasteiger partial charge >= 0.3 is 0 Å². The van der Waals surface area contributed by atoms with E-state index >= 15 is 0 Å². The zero-order valence-electron chi connectivity index (χ0n) is 11.9. The van der Waals surface area contributed by atoms with Gasteiger partial charge in [0.25, 0.3) is 0 Å². The molecule has 2 aromatic rings. The maximum absolute atomic E-state index is 12.1. The molecule has 1 heterocycles. The molecule has 1 amide bonds. The van der Waals surface area contributed by atoms with Crippen LogP contribution in [0.1, 0.15) is 26.0 Å². The van der Waals surface area contributed by atoms with E-state index in [9.17, 15) is 4.79 Å². The van der Waals surface area contributed by atoms with Gasteiger partial charge in [0.1, 0.15) is 5.69 Å². The summed E-state index contributed by atoms with van der Waals surface area (Å²) in [5.74, 6) is 0.428. The second-order valence-corrected chi connectivity index (χ2v) is 5.43. The summed E-state index contributed by atoms with van der Waals surface area (Å²) in [6.07, 6.45) is 1.09. The number of nitrogens with zero attached hydrogens (tertiary/aromatic N) is 1. The standard InChI is InChI=1S/C15H21N3O2/c1-10(2)7-11(9-16)17-15(19)8-13-12-5-3-4-6-14(12)20-18-13/h3-6,10-11H,7-9,16H2,1-2H3,(H,17,19). The Kier molecular flexibility index (Phi) is 4.74. The first-order valence-electron chi connectivity index (χ1n) is 6.93. The summed E-state index contributed by atoms with van der Waals surface area (Å²) < 4.78 is 5.19. The molecule has 1 aromatic heterocycles. The van der Waals surface area contributed by atoms with Gasteiger partial charge in [0, 0.05) is 18.0 Å². The molecule has 1 aromatic carbocycles. The molecule has 2 rings (SSSR count). The zero-order chi connectivity index (χ0) is 14.5. The number of nitrogens with two attached hydrogens (primary N) is 1. The molecule has 0 bridgehead atoms. The van der Waals surface area contributed by atoms with Gasteiger partial charge in [0.05, 0.1) is 6.42 Å². The average Bonchev–Trinajstić information content (AvgIpc) is 2.81. The van der Waals surface area contributed by atoms with Crippen molar-refractivity contribution in [3.63, 3.8) is 0 Å². The van der Waals surface area contributed by atoms with E-state index in [0.717, 1.165) is 11.8 Å². The minimum Gasteiger partial charge on any atom is -0.356 e. The number of hydrogen-bond donors (Lipinski definition) is 2. The Hall–Kier alpha value is -1.88. The Morgan fingerprint density at radius 1 is 1.40 bits per heavy atom. The van der Waals surface area contributed by atoms with E-state index in [1.165, 1.54) is 0 Å². The Labute approximate surface area is 118 Å². The summed E-state index contributed by atoms with van der Waals surface area (Å²) in [4.78, 5) is 12.1. The molecule has 5 heteroatoms. The third-order valence-corrected chi connectivity index (χ3v) is 3.19. The molecule has 1 atom stereocenters. The van der Waals surface area contributed by atoms with Gasteiger partial charge in [0.2, 0.25) is 5.91 Å². The maximum atomic E-state index is 12.1. The summed E-state index contributed by atoms with van der Waals surface area (Å²) in [6.45, 7) is 4.67. The molecular formula is C15H21N3O2. The predicted octanol–water partition coefficient (Wildman–Crippen LogP) is 1.86. The van der Waals surface area contributed by atoms with E-state index in [2.05, 4.69) is 24.3 Å². The molecule has 108 valence electrons. The van der Waals surface area contributed by atoms with Crippen LogP contribution in [0.5, 0.6) is 0 Å². The Morgan fingerprint density at radius 2 is 2.15 bits per heavy atom. The molecule has 3 N–H and O–H groups in total. The van der Waals surface area contributed by atoms with Crippen molar-refractivity contribution in [2.24, 2.45) is 11.7 Å². The van der Waals surface area contributed by atoms with Crippen molar-refractivity contribution in [2.45, 2.75) is 32.7 Å². The third kappa shape index (κ3) is 3.57. The first kappa shape index (κ1) is 14.5. The van der Waals surface area contributed by atoms with Crippen LogP contribution < -0.4 is 11.1 Å². The topological polar surface area (TPSA) is 81.1 Å². The summed E-state index contributed by atoms with van der Waals surface area (Å²) >= 11 is 0. The van der Waals surface area contributed by atoms with Gasteiger partial charge in [-0.05, 0) is 24.5 Å². The number of fused-ring (bicyclic) bond motifs is 1. The number of nitrogens with one attached hydrogen (secondary N) is 1. The number of hydrogen-bond acceptors (Lipinski definition) is 4.